The highest BCUT2D eigenvalue weighted by Gasteiger charge is 2.06. The second kappa shape index (κ2) is 14.1. The molecule has 0 aliphatic rings. The van der Waals surface area contributed by atoms with Crippen LogP contribution < -0.4 is 4.74 Å². The Balaban J connectivity index is 1.93. The Morgan fingerprint density at radius 2 is 1.29 bits per heavy atom. The summed E-state index contributed by atoms with van der Waals surface area (Å²) in [7, 11) is 0. The van der Waals surface area contributed by atoms with E-state index in [1.165, 1.54) is 70.6 Å². The molecule has 136 valence electrons. The zero-order chi connectivity index (χ0) is 17.5. The first-order valence-corrected chi connectivity index (χ1v) is 9.98. The van der Waals surface area contributed by atoms with Gasteiger partial charge in [0.2, 0.25) is 0 Å². The average molecular weight is 333 g/mol. The Bertz CT molecular complexity index is 439. The maximum atomic E-state index is 11.5. The maximum Gasteiger partial charge on any atom is 0.163 e. The highest BCUT2D eigenvalue weighted by Crippen LogP contribution is 2.19. The van der Waals surface area contributed by atoms with Crippen molar-refractivity contribution in [3.8, 4) is 5.75 Å². The molecule has 1 aromatic rings. The van der Waals surface area contributed by atoms with Crippen LogP contribution >= 0.6 is 0 Å². The van der Waals surface area contributed by atoms with Crippen molar-refractivity contribution in [2.75, 3.05) is 6.61 Å². The summed E-state index contributed by atoms with van der Waals surface area (Å²) in [6.45, 7) is 4.57. The maximum absolute atomic E-state index is 11.5. The van der Waals surface area contributed by atoms with Crippen molar-refractivity contribution in [1.29, 1.82) is 0 Å². The van der Waals surface area contributed by atoms with E-state index in [1.807, 2.05) is 24.3 Å². The third-order valence-electron chi connectivity index (χ3n) is 4.52. The second-order valence-corrected chi connectivity index (χ2v) is 6.79. The molecule has 0 fully saturated rings. The highest BCUT2D eigenvalue weighted by molar-refractivity contribution is 5.96. The van der Waals surface area contributed by atoms with Gasteiger partial charge in [-0.1, -0.05) is 89.7 Å². The number of para-hydroxylation sites is 1. The molecule has 0 amide bonds. The van der Waals surface area contributed by atoms with Crippen LogP contribution in [0.4, 0.5) is 0 Å². The molecule has 0 radical (unpaired) electrons. The van der Waals surface area contributed by atoms with Crippen LogP contribution in [0.3, 0.4) is 0 Å². The largest absolute Gasteiger partial charge is 0.493 e. The summed E-state index contributed by atoms with van der Waals surface area (Å²) in [6.07, 6.45) is 16.1. The highest BCUT2D eigenvalue weighted by atomic mass is 16.5. The van der Waals surface area contributed by atoms with Crippen LogP contribution in [-0.2, 0) is 0 Å². The molecule has 0 aliphatic carbocycles. The molecule has 0 bridgehead atoms. The van der Waals surface area contributed by atoms with Crippen LogP contribution in [0.2, 0.25) is 0 Å². The lowest BCUT2D eigenvalue weighted by Gasteiger charge is -2.09. The lowest BCUT2D eigenvalue weighted by molar-refractivity contribution is 0.101. The second-order valence-electron chi connectivity index (χ2n) is 6.79. The van der Waals surface area contributed by atoms with Gasteiger partial charge in [-0.3, -0.25) is 4.79 Å². The van der Waals surface area contributed by atoms with Crippen LogP contribution in [0.5, 0.6) is 5.75 Å². The quantitative estimate of drug-likeness (QED) is 0.256. The number of carbonyl (C=O) groups excluding carboxylic acids is 1. The third kappa shape index (κ3) is 9.75. The number of rotatable bonds is 15. The molecule has 0 saturated heterocycles. The Morgan fingerprint density at radius 3 is 1.83 bits per heavy atom. The molecule has 0 aliphatic heterocycles. The van der Waals surface area contributed by atoms with E-state index in [-0.39, 0.29) is 5.78 Å². The fraction of sp³-hybridized carbons (Fsp3) is 0.682. The Hall–Kier alpha value is -1.31. The minimum absolute atomic E-state index is 0.0697. The van der Waals surface area contributed by atoms with Crippen molar-refractivity contribution >= 4 is 5.78 Å². The number of hydrogen-bond acceptors (Lipinski definition) is 2. The first kappa shape index (κ1) is 20.7. The fourth-order valence-corrected chi connectivity index (χ4v) is 3.01. The molecular formula is C22H36O2. The Morgan fingerprint density at radius 1 is 0.792 bits per heavy atom. The number of ether oxygens (including phenoxy) is 1. The summed E-state index contributed by atoms with van der Waals surface area (Å²) in [5, 5.41) is 0. The number of unbranched alkanes of at least 4 members (excludes halogenated alkanes) is 11. The van der Waals surface area contributed by atoms with Gasteiger partial charge in [-0.2, -0.15) is 0 Å². The zero-order valence-corrected chi connectivity index (χ0v) is 15.8. The van der Waals surface area contributed by atoms with Crippen molar-refractivity contribution in [1.82, 2.24) is 0 Å². The predicted molar refractivity (Wildman–Crippen MR) is 103 cm³/mol. The molecule has 2 heteroatoms. The minimum Gasteiger partial charge on any atom is -0.493 e. The van der Waals surface area contributed by atoms with Crippen molar-refractivity contribution in [3.05, 3.63) is 29.8 Å². The zero-order valence-electron chi connectivity index (χ0n) is 15.8. The lowest BCUT2D eigenvalue weighted by Crippen LogP contribution is -2.02. The molecule has 0 saturated carbocycles. The van der Waals surface area contributed by atoms with Gasteiger partial charge in [0.1, 0.15) is 5.75 Å². The van der Waals surface area contributed by atoms with Gasteiger partial charge < -0.3 is 4.74 Å². The van der Waals surface area contributed by atoms with Crippen LogP contribution in [0, 0.1) is 0 Å². The average Bonchev–Trinajstić information content (AvgIpc) is 2.59. The molecule has 24 heavy (non-hydrogen) atoms. The van der Waals surface area contributed by atoms with Gasteiger partial charge in [0.05, 0.1) is 12.2 Å². The Kier molecular flexibility index (Phi) is 12.2. The molecule has 0 heterocycles. The van der Waals surface area contributed by atoms with E-state index in [1.54, 1.807) is 6.92 Å². The summed E-state index contributed by atoms with van der Waals surface area (Å²) < 4.78 is 5.77. The topological polar surface area (TPSA) is 26.3 Å². The number of hydrogen-bond donors (Lipinski definition) is 0. The van der Waals surface area contributed by atoms with E-state index < -0.39 is 0 Å². The van der Waals surface area contributed by atoms with Crippen molar-refractivity contribution in [2.45, 2.75) is 90.9 Å². The van der Waals surface area contributed by atoms with E-state index >= 15 is 0 Å². The number of carbonyl (C=O) groups is 1. The molecule has 2 nitrogen and oxygen atoms in total. The van der Waals surface area contributed by atoms with Crippen LogP contribution in [-0.4, -0.2) is 12.4 Å². The van der Waals surface area contributed by atoms with E-state index in [4.69, 9.17) is 4.74 Å². The standard InChI is InChI=1S/C22H36O2/c1-3-4-5-6-7-8-9-10-11-12-13-16-19-24-22-18-15-14-17-21(22)20(2)23/h14-15,17-18H,3-13,16,19H2,1-2H3. The van der Waals surface area contributed by atoms with Gasteiger partial charge in [0, 0.05) is 0 Å². The van der Waals surface area contributed by atoms with E-state index in [9.17, 15) is 4.79 Å². The molecular weight excluding hydrogens is 296 g/mol. The van der Waals surface area contributed by atoms with Crippen LogP contribution in [0.15, 0.2) is 24.3 Å². The predicted octanol–water partition coefficient (Wildman–Crippen LogP) is 6.97. The fourth-order valence-electron chi connectivity index (χ4n) is 3.01. The van der Waals surface area contributed by atoms with Gasteiger partial charge in [-0.15, -0.1) is 0 Å². The van der Waals surface area contributed by atoms with Gasteiger partial charge in [-0.25, -0.2) is 0 Å². The number of benzene rings is 1. The van der Waals surface area contributed by atoms with Crippen molar-refractivity contribution < 1.29 is 9.53 Å². The molecule has 0 spiro atoms. The molecule has 0 N–H and O–H groups in total. The van der Waals surface area contributed by atoms with Crippen LogP contribution in [0.1, 0.15) is 101 Å². The van der Waals surface area contributed by atoms with Gasteiger partial charge in [-0.05, 0) is 25.5 Å². The smallest absolute Gasteiger partial charge is 0.163 e. The molecule has 0 unspecified atom stereocenters. The lowest BCUT2D eigenvalue weighted by atomic mass is 10.1. The summed E-state index contributed by atoms with van der Waals surface area (Å²) in [5.74, 6) is 0.799. The molecule has 1 rings (SSSR count). The first-order chi connectivity index (χ1) is 11.8. The monoisotopic (exact) mass is 332 g/mol. The van der Waals surface area contributed by atoms with E-state index in [2.05, 4.69) is 6.92 Å². The summed E-state index contributed by atoms with van der Waals surface area (Å²) >= 11 is 0. The molecule has 0 aromatic heterocycles. The van der Waals surface area contributed by atoms with E-state index in [0.717, 1.165) is 12.2 Å². The minimum atomic E-state index is 0.0697. The van der Waals surface area contributed by atoms with Gasteiger partial charge in [0.25, 0.3) is 0 Å². The molecule has 1 aromatic carbocycles. The van der Waals surface area contributed by atoms with Gasteiger partial charge in [0.15, 0.2) is 5.78 Å². The van der Waals surface area contributed by atoms with E-state index in [0.29, 0.717) is 12.2 Å². The SMILES string of the molecule is CCCCCCCCCCCCCCOc1ccccc1C(C)=O. The molecule has 0 atom stereocenters. The Labute approximate surface area is 149 Å². The summed E-state index contributed by atoms with van der Waals surface area (Å²) in [4.78, 5) is 11.5. The summed E-state index contributed by atoms with van der Waals surface area (Å²) in [5.41, 5.74) is 0.691. The number of ketones is 1. The first-order valence-electron chi connectivity index (χ1n) is 9.98. The number of Topliss-reactive ketones (excluding diaryl/α,β-unsaturated/α-hetero) is 1. The van der Waals surface area contributed by atoms with Gasteiger partial charge >= 0.3 is 0 Å². The van der Waals surface area contributed by atoms with Crippen molar-refractivity contribution in [2.24, 2.45) is 0 Å². The summed E-state index contributed by atoms with van der Waals surface area (Å²) in [6, 6.07) is 7.52. The van der Waals surface area contributed by atoms with Crippen molar-refractivity contribution in [3.63, 3.8) is 0 Å². The normalized spacial score (nSPS) is 10.8. The third-order valence-corrected chi connectivity index (χ3v) is 4.52. The van der Waals surface area contributed by atoms with Crippen LogP contribution in [0.25, 0.3) is 0 Å².